The summed E-state index contributed by atoms with van der Waals surface area (Å²) in [5, 5.41) is 14.9. The molecule has 3 aromatic rings. The Labute approximate surface area is 238 Å². The number of fused-ring (bicyclic) bond motifs is 1. The molecule has 2 aromatic heterocycles. The molecule has 1 aromatic carbocycles. The van der Waals surface area contributed by atoms with Crippen molar-refractivity contribution in [2.45, 2.75) is 46.5 Å². The van der Waals surface area contributed by atoms with Gasteiger partial charge in [0.1, 0.15) is 11.4 Å². The Morgan fingerprint density at radius 2 is 1.78 bits per heavy atom. The second-order valence-electron chi connectivity index (χ2n) is 10.5. The zero-order valence-corrected chi connectivity index (χ0v) is 23.7. The van der Waals surface area contributed by atoms with Crippen molar-refractivity contribution in [3.63, 3.8) is 0 Å². The third-order valence-corrected chi connectivity index (χ3v) is 7.34. The highest BCUT2D eigenvalue weighted by molar-refractivity contribution is 6.10. The van der Waals surface area contributed by atoms with E-state index in [1.54, 1.807) is 23.8 Å². The van der Waals surface area contributed by atoms with Crippen LogP contribution in [0.5, 0.6) is 11.6 Å². The Bertz CT molecular complexity index is 1540. The first kappa shape index (κ1) is 28.0. The van der Waals surface area contributed by atoms with Crippen molar-refractivity contribution in [3.05, 3.63) is 59.3 Å². The normalized spacial score (nSPS) is 19.1. The Kier molecular flexibility index (Phi) is 8.14. The lowest BCUT2D eigenvalue weighted by Crippen LogP contribution is -2.37. The molecule has 0 spiro atoms. The van der Waals surface area contributed by atoms with Crippen LogP contribution in [0.1, 0.15) is 68.1 Å². The fourth-order valence-electron chi connectivity index (χ4n) is 5.11. The Hall–Kier alpha value is -4.54. The van der Waals surface area contributed by atoms with Gasteiger partial charge in [0.25, 0.3) is 0 Å². The van der Waals surface area contributed by atoms with E-state index in [-0.39, 0.29) is 29.4 Å². The number of unbranched alkanes of at least 4 members (excludes halogenated alkanes) is 1. The largest absolute Gasteiger partial charge is 0.494 e. The van der Waals surface area contributed by atoms with Gasteiger partial charge in [0.2, 0.25) is 17.7 Å². The molecular formula is C30H34N6O5. The van der Waals surface area contributed by atoms with E-state index in [2.05, 4.69) is 15.6 Å². The maximum absolute atomic E-state index is 12.8. The number of carbonyl (C=O) groups excluding carboxylic acids is 3. The standard InChI is InChI=1S/C30H34N6O5/c1-18-15-26(38)31-32-29(18)21-7-9-22(10-8-21)41-14-6-5-13-35-27(39)16-19(2)30(34-35)23-11-12-28(40-4)36-25(23)17-24(33-36)20(3)37/h7-12,17-19H,5-6,13-16H2,1-4H3,(H,31,38). The first-order valence-corrected chi connectivity index (χ1v) is 13.8. The number of nitrogens with one attached hydrogen (secondary N) is 1. The van der Waals surface area contributed by atoms with Crippen molar-refractivity contribution in [1.29, 1.82) is 0 Å². The van der Waals surface area contributed by atoms with Crippen LogP contribution < -0.4 is 14.9 Å². The topological polar surface area (TPSA) is 127 Å². The van der Waals surface area contributed by atoms with Gasteiger partial charge in [0, 0.05) is 49.8 Å². The number of hydrazone groups is 2. The Morgan fingerprint density at radius 1 is 1.02 bits per heavy atom. The lowest BCUT2D eigenvalue weighted by Gasteiger charge is -2.28. The molecule has 0 saturated carbocycles. The average molecular weight is 559 g/mol. The van der Waals surface area contributed by atoms with Crippen LogP contribution in [0.2, 0.25) is 0 Å². The van der Waals surface area contributed by atoms with Crippen molar-refractivity contribution >= 4 is 34.5 Å². The quantitative estimate of drug-likeness (QED) is 0.298. The van der Waals surface area contributed by atoms with Crippen molar-refractivity contribution in [1.82, 2.24) is 20.0 Å². The van der Waals surface area contributed by atoms with Crippen LogP contribution in [0.15, 0.2) is 52.7 Å². The summed E-state index contributed by atoms with van der Waals surface area (Å²) in [6.07, 6.45) is 2.25. The molecule has 214 valence electrons. The average Bonchev–Trinajstić information content (AvgIpc) is 3.40. The lowest BCUT2D eigenvalue weighted by molar-refractivity contribution is -0.132. The van der Waals surface area contributed by atoms with Gasteiger partial charge in [-0.05, 0) is 54.8 Å². The summed E-state index contributed by atoms with van der Waals surface area (Å²) in [6, 6.07) is 13.1. The van der Waals surface area contributed by atoms with Crippen molar-refractivity contribution in [2.75, 3.05) is 20.3 Å². The van der Waals surface area contributed by atoms with Crippen LogP contribution >= 0.6 is 0 Å². The summed E-state index contributed by atoms with van der Waals surface area (Å²) in [5.74, 6) is 1.01. The fourth-order valence-corrected chi connectivity index (χ4v) is 5.11. The number of methoxy groups -OCH3 is 1. The van der Waals surface area contributed by atoms with Crippen molar-refractivity contribution in [2.24, 2.45) is 22.0 Å². The van der Waals surface area contributed by atoms with Gasteiger partial charge in [-0.25, -0.2) is 10.4 Å². The molecule has 0 radical (unpaired) electrons. The van der Waals surface area contributed by atoms with Crippen molar-refractivity contribution in [3.8, 4) is 11.6 Å². The molecule has 5 rings (SSSR count). The molecule has 11 heteroatoms. The number of hydrogen-bond donors (Lipinski definition) is 1. The maximum Gasteiger partial charge on any atom is 0.243 e. The van der Waals surface area contributed by atoms with Gasteiger partial charge in [0.05, 0.1) is 30.7 Å². The molecular weight excluding hydrogens is 524 g/mol. The minimum Gasteiger partial charge on any atom is -0.494 e. The van der Waals surface area contributed by atoms with E-state index in [4.69, 9.17) is 14.6 Å². The fraction of sp³-hybridized carbons (Fsp3) is 0.400. The van der Waals surface area contributed by atoms with Gasteiger partial charge in [0.15, 0.2) is 5.78 Å². The number of pyridine rings is 1. The van der Waals surface area contributed by atoms with Crippen LogP contribution in [0.4, 0.5) is 0 Å². The van der Waals surface area contributed by atoms with Crippen LogP contribution in [0.3, 0.4) is 0 Å². The number of ether oxygens (including phenoxy) is 2. The van der Waals surface area contributed by atoms with Crippen molar-refractivity contribution < 1.29 is 23.9 Å². The SMILES string of the molecule is COc1ccc(C2=NN(CCCCOc3ccc(C4=NNC(=O)CC4C)cc3)C(=O)CC2C)c2cc(C(C)=O)nn12. The lowest BCUT2D eigenvalue weighted by atomic mass is 9.93. The minimum atomic E-state index is -0.140. The second kappa shape index (κ2) is 11.9. The number of ketones is 1. The molecule has 1 N–H and O–H groups in total. The van der Waals surface area contributed by atoms with Gasteiger partial charge < -0.3 is 9.47 Å². The number of Topliss-reactive ketones (excluding diaryl/α,β-unsaturated/α-hetero) is 1. The highest BCUT2D eigenvalue weighted by Gasteiger charge is 2.29. The Morgan fingerprint density at radius 3 is 2.49 bits per heavy atom. The monoisotopic (exact) mass is 558 g/mol. The van der Waals surface area contributed by atoms with Gasteiger partial charge in [-0.1, -0.05) is 13.8 Å². The van der Waals surface area contributed by atoms with Gasteiger partial charge in [-0.3, -0.25) is 14.4 Å². The summed E-state index contributed by atoms with van der Waals surface area (Å²) in [4.78, 5) is 36.3. The zero-order valence-electron chi connectivity index (χ0n) is 23.7. The highest BCUT2D eigenvalue weighted by Crippen LogP contribution is 2.27. The highest BCUT2D eigenvalue weighted by atomic mass is 16.5. The van der Waals surface area contributed by atoms with Gasteiger partial charge >= 0.3 is 0 Å². The molecule has 2 aliphatic heterocycles. The third-order valence-electron chi connectivity index (χ3n) is 7.34. The number of benzene rings is 1. The molecule has 2 unspecified atom stereocenters. The first-order chi connectivity index (χ1) is 19.7. The van der Waals surface area contributed by atoms with Gasteiger partial charge in [-0.2, -0.15) is 19.8 Å². The summed E-state index contributed by atoms with van der Waals surface area (Å²) in [6.45, 7) is 6.43. The molecule has 4 heterocycles. The summed E-state index contributed by atoms with van der Waals surface area (Å²) < 4.78 is 12.9. The predicted octanol–water partition coefficient (Wildman–Crippen LogP) is 3.84. The van der Waals surface area contributed by atoms with E-state index < -0.39 is 0 Å². The van der Waals surface area contributed by atoms with E-state index in [1.807, 2.05) is 44.2 Å². The van der Waals surface area contributed by atoms with E-state index in [0.717, 1.165) is 41.1 Å². The van der Waals surface area contributed by atoms with Crippen LogP contribution in [-0.2, 0) is 9.59 Å². The predicted molar refractivity (Wildman–Crippen MR) is 153 cm³/mol. The number of aromatic nitrogens is 2. The smallest absolute Gasteiger partial charge is 0.243 e. The molecule has 0 bridgehead atoms. The van der Waals surface area contributed by atoms with Crippen LogP contribution in [-0.4, -0.2) is 63.9 Å². The number of nitrogens with zero attached hydrogens (tertiary/aromatic N) is 5. The summed E-state index contributed by atoms with van der Waals surface area (Å²) in [7, 11) is 1.55. The maximum atomic E-state index is 12.8. The molecule has 11 nitrogen and oxygen atoms in total. The van der Waals surface area contributed by atoms with Gasteiger partial charge in [-0.15, -0.1) is 0 Å². The summed E-state index contributed by atoms with van der Waals surface area (Å²) >= 11 is 0. The minimum absolute atomic E-state index is 0.0173. The molecule has 2 amide bonds. The van der Waals surface area contributed by atoms with E-state index >= 15 is 0 Å². The molecule has 0 saturated heterocycles. The van der Waals surface area contributed by atoms with Crippen LogP contribution in [0.25, 0.3) is 5.52 Å². The Balaban J connectivity index is 1.20. The molecule has 2 aliphatic rings. The number of carbonyl (C=O) groups is 3. The van der Waals surface area contributed by atoms with E-state index in [1.165, 1.54) is 11.9 Å². The first-order valence-electron chi connectivity index (χ1n) is 13.8. The summed E-state index contributed by atoms with van der Waals surface area (Å²) in [5.41, 5.74) is 7.01. The van der Waals surface area contributed by atoms with E-state index in [0.29, 0.717) is 43.1 Å². The molecule has 2 atom stereocenters. The number of rotatable bonds is 10. The van der Waals surface area contributed by atoms with Crippen LogP contribution in [0, 0.1) is 11.8 Å². The molecule has 41 heavy (non-hydrogen) atoms. The second-order valence-corrected chi connectivity index (χ2v) is 10.5. The molecule has 0 aliphatic carbocycles. The molecule has 0 fully saturated rings. The third kappa shape index (κ3) is 5.98. The number of hydrogen-bond acceptors (Lipinski definition) is 8. The number of amides is 2. The van der Waals surface area contributed by atoms with E-state index in [9.17, 15) is 14.4 Å². The zero-order chi connectivity index (χ0) is 29.1.